The van der Waals surface area contributed by atoms with Gasteiger partial charge in [-0.25, -0.2) is 19.0 Å². The van der Waals surface area contributed by atoms with E-state index in [4.69, 9.17) is 21.3 Å². The van der Waals surface area contributed by atoms with Crippen molar-refractivity contribution < 1.29 is 28.6 Å². The molecule has 0 radical (unpaired) electrons. The van der Waals surface area contributed by atoms with Crippen LogP contribution in [-0.4, -0.2) is 101 Å². The summed E-state index contributed by atoms with van der Waals surface area (Å²) in [5.41, 5.74) is 0.278. The highest BCUT2D eigenvalue weighted by Crippen LogP contribution is 2.47. The van der Waals surface area contributed by atoms with Gasteiger partial charge in [0.1, 0.15) is 11.9 Å². The van der Waals surface area contributed by atoms with Crippen molar-refractivity contribution in [2.75, 3.05) is 45.9 Å². The number of piperazine rings is 1. The molecule has 0 spiro atoms. The lowest BCUT2D eigenvalue weighted by molar-refractivity contribution is -0.143. The number of fused-ring (bicyclic) bond motifs is 1. The van der Waals surface area contributed by atoms with Crippen LogP contribution in [0.25, 0.3) is 0 Å². The number of rotatable bonds is 9. The predicted octanol–water partition coefficient (Wildman–Crippen LogP) is 3.13. The molecule has 4 heterocycles. The maximum absolute atomic E-state index is 14.6. The third-order valence-corrected chi connectivity index (χ3v) is 9.41. The number of halogens is 2. The van der Waals surface area contributed by atoms with E-state index in [-0.39, 0.29) is 35.8 Å². The lowest BCUT2D eigenvalue weighted by Crippen LogP contribution is -2.53. The van der Waals surface area contributed by atoms with Crippen molar-refractivity contribution in [1.29, 1.82) is 0 Å². The van der Waals surface area contributed by atoms with E-state index in [1.165, 1.54) is 23.5 Å². The van der Waals surface area contributed by atoms with Gasteiger partial charge in [0.25, 0.3) is 0 Å². The molecular formula is C28H30ClFN6O5S. The van der Waals surface area contributed by atoms with Gasteiger partial charge in [-0.05, 0) is 25.8 Å². The molecule has 4 aliphatic rings. The van der Waals surface area contributed by atoms with Crippen molar-refractivity contribution in [2.24, 2.45) is 10.4 Å². The number of carboxylic acid groups (broad SMARTS) is 1. The normalized spacial score (nSPS) is 23.4. The van der Waals surface area contributed by atoms with Crippen molar-refractivity contribution in [2.45, 2.75) is 31.8 Å². The van der Waals surface area contributed by atoms with Crippen LogP contribution in [0.4, 0.5) is 9.18 Å². The Morgan fingerprint density at radius 3 is 2.79 bits per heavy atom. The third-order valence-electron chi connectivity index (χ3n) is 8.23. The second-order valence-electron chi connectivity index (χ2n) is 10.9. The van der Waals surface area contributed by atoms with Gasteiger partial charge in [0.2, 0.25) is 0 Å². The van der Waals surface area contributed by atoms with E-state index < -0.39 is 29.2 Å². The fraction of sp³-hybridized carbons (Fsp3) is 0.464. The quantitative estimate of drug-likeness (QED) is 0.412. The van der Waals surface area contributed by atoms with Gasteiger partial charge in [0.05, 0.1) is 28.7 Å². The standard InChI is InChI=1S/C28H30ClFN6O5S/c1-2-41-25(37)20-19(32-23(24-31-8-11-42-24)33-22(20)17-4-3-5-18(30)21(17)29)14-34-9-10-36-16(12-34)13-35(27(36)40)15-28(6-7-28)26(38)39/h3-5,8,11,16,22H,2,6-7,9-10,12-15H2,1H3,(H,32,33)(H,38,39)/t16?,22-/m0/s1. The number of nitrogens with zero attached hydrogens (tertiary/aromatic N) is 5. The molecule has 42 heavy (non-hydrogen) atoms. The van der Waals surface area contributed by atoms with E-state index >= 15 is 0 Å². The monoisotopic (exact) mass is 616 g/mol. The van der Waals surface area contributed by atoms with Gasteiger partial charge in [-0.2, -0.15) is 0 Å². The fourth-order valence-electron chi connectivity index (χ4n) is 5.87. The van der Waals surface area contributed by atoms with Gasteiger partial charge in [0.15, 0.2) is 10.8 Å². The number of urea groups is 1. The van der Waals surface area contributed by atoms with Crippen LogP contribution >= 0.6 is 22.9 Å². The first-order valence-electron chi connectivity index (χ1n) is 13.8. The fourth-order valence-corrected chi connectivity index (χ4v) is 6.69. The molecule has 14 heteroatoms. The molecule has 3 aliphatic heterocycles. The average molecular weight is 617 g/mol. The van der Waals surface area contributed by atoms with E-state index in [1.807, 2.05) is 5.38 Å². The number of carboxylic acids is 1. The second-order valence-corrected chi connectivity index (χ2v) is 12.2. The maximum Gasteiger partial charge on any atom is 0.338 e. The van der Waals surface area contributed by atoms with Crippen molar-refractivity contribution >= 4 is 46.7 Å². The Balaban J connectivity index is 1.29. The first-order chi connectivity index (χ1) is 20.2. The molecule has 1 unspecified atom stereocenters. The minimum Gasteiger partial charge on any atom is -0.481 e. The molecule has 1 aromatic carbocycles. The molecule has 1 aromatic heterocycles. The number of hydrogen-bond donors (Lipinski definition) is 2. The van der Waals surface area contributed by atoms with E-state index in [0.29, 0.717) is 67.7 Å². The Bertz CT molecular complexity index is 1480. The van der Waals surface area contributed by atoms with E-state index in [0.717, 1.165) is 0 Å². The van der Waals surface area contributed by atoms with Crippen molar-refractivity contribution in [3.05, 3.63) is 62.5 Å². The smallest absolute Gasteiger partial charge is 0.338 e. The van der Waals surface area contributed by atoms with Gasteiger partial charge < -0.3 is 25.0 Å². The number of carbonyl (C=O) groups is 3. The molecule has 0 bridgehead atoms. The molecule has 222 valence electrons. The number of aromatic nitrogens is 1. The number of aliphatic carboxylic acids is 1. The number of carbonyl (C=O) groups excluding carboxylic acids is 2. The summed E-state index contributed by atoms with van der Waals surface area (Å²) in [6.45, 7) is 4.34. The largest absolute Gasteiger partial charge is 0.481 e. The summed E-state index contributed by atoms with van der Waals surface area (Å²) in [6.07, 6.45) is 2.81. The second kappa shape index (κ2) is 11.3. The zero-order valence-electron chi connectivity index (χ0n) is 22.9. The van der Waals surface area contributed by atoms with E-state index in [2.05, 4.69) is 15.2 Å². The molecule has 11 nitrogen and oxygen atoms in total. The number of aliphatic imine (C=N–C) groups is 1. The molecular weight excluding hydrogens is 587 g/mol. The van der Waals surface area contributed by atoms with Crippen LogP contribution in [0.1, 0.15) is 36.4 Å². The molecule has 2 atom stereocenters. The highest BCUT2D eigenvalue weighted by atomic mass is 35.5. The summed E-state index contributed by atoms with van der Waals surface area (Å²) in [5, 5.41) is 15.2. The predicted molar refractivity (Wildman–Crippen MR) is 153 cm³/mol. The van der Waals surface area contributed by atoms with Gasteiger partial charge in [-0.15, -0.1) is 11.3 Å². The van der Waals surface area contributed by atoms with Gasteiger partial charge >= 0.3 is 18.0 Å². The number of amides is 2. The maximum atomic E-state index is 14.6. The molecule has 1 saturated carbocycles. The molecule has 2 N–H and O–H groups in total. The van der Waals surface area contributed by atoms with Gasteiger partial charge in [-0.1, -0.05) is 23.7 Å². The number of hydrogen-bond acceptors (Lipinski definition) is 9. The zero-order chi connectivity index (χ0) is 29.6. The van der Waals surface area contributed by atoms with Crippen LogP contribution in [0.3, 0.4) is 0 Å². The highest BCUT2D eigenvalue weighted by molar-refractivity contribution is 7.11. The number of ether oxygens (including phenoxy) is 1. The van der Waals surface area contributed by atoms with Crippen LogP contribution in [0.15, 0.2) is 46.0 Å². The summed E-state index contributed by atoms with van der Waals surface area (Å²) in [7, 11) is 0. The van der Waals surface area contributed by atoms with Gasteiger partial charge in [0, 0.05) is 62.1 Å². The first-order valence-corrected chi connectivity index (χ1v) is 15.1. The number of nitrogens with one attached hydrogen (secondary N) is 1. The molecule has 3 fully saturated rings. The Labute approximate surface area is 250 Å². The number of esters is 1. The third kappa shape index (κ3) is 5.25. The number of amidine groups is 1. The Kier molecular flexibility index (Phi) is 7.66. The average Bonchev–Trinajstić information content (AvgIpc) is 3.41. The summed E-state index contributed by atoms with van der Waals surface area (Å²) >= 11 is 7.77. The summed E-state index contributed by atoms with van der Waals surface area (Å²) in [4.78, 5) is 53.0. The molecule has 2 amide bonds. The topological polar surface area (TPSA) is 128 Å². The molecule has 2 aromatic rings. The van der Waals surface area contributed by atoms with Crippen LogP contribution in [0.5, 0.6) is 0 Å². The Morgan fingerprint density at radius 2 is 2.10 bits per heavy atom. The lowest BCUT2D eigenvalue weighted by atomic mass is 9.95. The summed E-state index contributed by atoms with van der Waals surface area (Å²) < 4.78 is 20.0. The van der Waals surface area contributed by atoms with Crippen LogP contribution in [-0.2, 0) is 14.3 Å². The Morgan fingerprint density at radius 1 is 1.29 bits per heavy atom. The Hall–Kier alpha value is -3.55. The van der Waals surface area contributed by atoms with Crippen molar-refractivity contribution in [1.82, 2.24) is 25.0 Å². The molecule has 1 aliphatic carbocycles. The minimum absolute atomic E-state index is 0.119. The zero-order valence-corrected chi connectivity index (χ0v) is 24.5. The number of thiazole rings is 1. The van der Waals surface area contributed by atoms with E-state index in [9.17, 15) is 23.9 Å². The molecule has 2 saturated heterocycles. The van der Waals surface area contributed by atoms with Crippen molar-refractivity contribution in [3.8, 4) is 0 Å². The SMILES string of the molecule is CCOC(=O)C1=C(CN2CCN3C(=O)N(CC4(C(=O)O)CC4)CC3C2)NC(c2nccs2)=N[C@H]1c1cccc(F)c1Cl. The summed E-state index contributed by atoms with van der Waals surface area (Å²) in [5.74, 6) is -1.63. The summed E-state index contributed by atoms with van der Waals surface area (Å²) in [6, 6.07) is 3.23. The van der Waals surface area contributed by atoms with Crippen LogP contribution in [0, 0.1) is 11.2 Å². The minimum atomic E-state index is -0.932. The molecule has 6 rings (SSSR count). The first kappa shape index (κ1) is 28.6. The van der Waals surface area contributed by atoms with Crippen LogP contribution < -0.4 is 5.32 Å². The number of benzene rings is 1. The van der Waals surface area contributed by atoms with Crippen molar-refractivity contribution in [3.63, 3.8) is 0 Å². The lowest BCUT2D eigenvalue weighted by Gasteiger charge is -2.38. The van der Waals surface area contributed by atoms with E-state index in [1.54, 1.807) is 29.0 Å². The van der Waals surface area contributed by atoms with Gasteiger partial charge in [-0.3, -0.25) is 14.7 Å². The van der Waals surface area contributed by atoms with Crippen LogP contribution in [0.2, 0.25) is 5.02 Å². The highest BCUT2D eigenvalue weighted by Gasteiger charge is 2.54.